The SMILES string of the molecule is CC(=O)N1CC(O)(C(F)F)C1. The molecule has 11 heavy (non-hydrogen) atoms. The fourth-order valence-electron chi connectivity index (χ4n) is 0.975. The molecule has 0 unspecified atom stereocenters. The number of halogens is 2. The van der Waals surface area contributed by atoms with Crippen LogP contribution in [0.15, 0.2) is 0 Å². The largest absolute Gasteiger partial charge is 0.380 e. The van der Waals surface area contributed by atoms with Crippen molar-refractivity contribution in [1.29, 1.82) is 0 Å². The Morgan fingerprint density at radius 1 is 1.64 bits per heavy atom. The maximum atomic E-state index is 11.9. The molecule has 1 amide bonds. The standard InChI is InChI=1S/C6H9F2NO2/c1-4(10)9-2-6(11,3-9)5(7)8/h5,11H,2-3H2,1H3. The summed E-state index contributed by atoms with van der Waals surface area (Å²) >= 11 is 0. The number of alkyl halides is 2. The molecular formula is C6H9F2NO2. The van der Waals surface area contributed by atoms with E-state index in [2.05, 4.69) is 0 Å². The summed E-state index contributed by atoms with van der Waals surface area (Å²) in [7, 11) is 0. The first-order valence-electron chi connectivity index (χ1n) is 3.22. The Hall–Kier alpha value is -0.710. The molecule has 0 aromatic carbocycles. The molecule has 0 saturated carbocycles. The number of carbonyl (C=O) groups is 1. The highest BCUT2D eigenvalue weighted by Gasteiger charge is 2.49. The molecule has 0 atom stereocenters. The molecular weight excluding hydrogens is 156 g/mol. The van der Waals surface area contributed by atoms with E-state index >= 15 is 0 Å². The molecule has 1 N–H and O–H groups in total. The first-order valence-corrected chi connectivity index (χ1v) is 3.22. The lowest BCUT2D eigenvalue weighted by molar-refractivity contribution is -0.187. The molecule has 1 aliphatic heterocycles. The Balaban J connectivity index is 2.44. The first kappa shape index (κ1) is 8.39. The quantitative estimate of drug-likeness (QED) is 0.586. The average Bonchev–Trinajstić information content (AvgIpc) is 1.79. The van der Waals surface area contributed by atoms with E-state index in [9.17, 15) is 13.6 Å². The molecule has 64 valence electrons. The van der Waals surface area contributed by atoms with Gasteiger partial charge in [-0.25, -0.2) is 8.78 Å². The van der Waals surface area contributed by atoms with E-state index in [-0.39, 0.29) is 19.0 Å². The summed E-state index contributed by atoms with van der Waals surface area (Å²) in [6, 6.07) is 0. The fraction of sp³-hybridized carbons (Fsp3) is 0.833. The minimum atomic E-state index is -2.77. The summed E-state index contributed by atoms with van der Waals surface area (Å²) in [6.45, 7) is 0.783. The Bertz CT molecular complexity index is 177. The van der Waals surface area contributed by atoms with Crippen molar-refractivity contribution in [2.24, 2.45) is 0 Å². The maximum Gasteiger partial charge on any atom is 0.270 e. The van der Waals surface area contributed by atoms with Crippen LogP contribution in [0.1, 0.15) is 6.92 Å². The van der Waals surface area contributed by atoms with Gasteiger partial charge in [0.2, 0.25) is 5.91 Å². The predicted octanol–water partition coefficient (Wildman–Crippen LogP) is -0.155. The summed E-state index contributed by atoms with van der Waals surface area (Å²) in [4.78, 5) is 11.7. The third-order valence-corrected chi connectivity index (χ3v) is 1.78. The molecule has 1 heterocycles. The second-order valence-corrected chi connectivity index (χ2v) is 2.78. The molecule has 5 heteroatoms. The molecule has 0 aliphatic carbocycles. The van der Waals surface area contributed by atoms with E-state index in [0.29, 0.717) is 0 Å². The van der Waals surface area contributed by atoms with E-state index in [4.69, 9.17) is 5.11 Å². The van der Waals surface area contributed by atoms with Crippen LogP contribution >= 0.6 is 0 Å². The summed E-state index contributed by atoms with van der Waals surface area (Å²) in [5.74, 6) is -0.282. The Morgan fingerprint density at radius 3 is 2.36 bits per heavy atom. The highest BCUT2D eigenvalue weighted by atomic mass is 19.3. The van der Waals surface area contributed by atoms with E-state index in [1.54, 1.807) is 0 Å². The summed E-state index contributed by atoms with van der Waals surface area (Å²) < 4.78 is 23.8. The molecule has 0 aromatic heterocycles. The van der Waals surface area contributed by atoms with Crippen LogP contribution in [0.3, 0.4) is 0 Å². The van der Waals surface area contributed by atoms with Crippen molar-refractivity contribution in [2.45, 2.75) is 19.0 Å². The van der Waals surface area contributed by atoms with Crippen molar-refractivity contribution in [2.75, 3.05) is 13.1 Å². The summed E-state index contributed by atoms with van der Waals surface area (Å²) in [6.07, 6.45) is -2.77. The van der Waals surface area contributed by atoms with Crippen LogP contribution < -0.4 is 0 Å². The topological polar surface area (TPSA) is 40.5 Å². The van der Waals surface area contributed by atoms with Crippen molar-refractivity contribution in [3.63, 3.8) is 0 Å². The number of nitrogens with zero attached hydrogens (tertiary/aromatic N) is 1. The van der Waals surface area contributed by atoms with Gasteiger partial charge in [-0.15, -0.1) is 0 Å². The number of amides is 1. The lowest BCUT2D eigenvalue weighted by Crippen LogP contribution is -2.66. The molecule has 3 nitrogen and oxygen atoms in total. The number of hydrogen-bond acceptors (Lipinski definition) is 2. The highest BCUT2D eigenvalue weighted by molar-refractivity contribution is 5.74. The fourth-order valence-corrected chi connectivity index (χ4v) is 0.975. The Labute approximate surface area is 62.6 Å². The molecule has 0 spiro atoms. The zero-order chi connectivity index (χ0) is 8.65. The average molecular weight is 165 g/mol. The second kappa shape index (κ2) is 2.41. The van der Waals surface area contributed by atoms with Crippen molar-refractivity contribution < 1.29 is 18.7 Å². The molecule has 1 rings (SSSR count). The van der Waals surface area contributed by atoms with Gasteiger partial charge in [-0.3, -0.25) is 4.79 Å². The van der Waals surface area contributed by atoms with Crippen molar-refractivity contribution in [3.8, 4) is 0 Å². The molecule has 1 aliphatic rings. The predicted molar refractivity (Wildman–Crippen MR) is 33.2 cm³/mol. The summed E-state index contributed by atoms with van der Waals surface area (Å²) in [5, 5.41) is 8.96. The van der Waals surface area contributed by atoms with E-state index in [0.717, 1.165) is 0 Å². The van der Waals surface area contributed by atoms with Gasteiger partial charge >= 0.3 is 0 Å². The molecule has 0 bridgehead atoms. The van der Waals surface area contributed by atoms with E-state index < -0.39 is 12.0 Å². The molecule has 0 radical (unpaired) electrons. The van der Waals surface area contributed by atoms with Crippen LogP contribution in [-0.2, 0) is 4.79 Å². The number of aliphatic hydroxyl groups is 1. The van der Waals surface area contributed by atoms with Gasteiger partial charge in [0, 0.05) is 6.92 Å². The highest BCUT2D eigenvalue weighted by Crippen LogP contribution is 2.27. The monoisotopic (exact) mass is 165 g/mol. The first-order chi connectivity index (χ1) is 4.96. The normalized spacial score (nSPS) is 21.7. The van der Waals surface area contributed by atoms with Crippen LogP contribution in [0.25, 0.3) is 0 Å². The van der Waals surface area contributed by atoms with Crippen molar-refractivity contribution >= 4 is 5.91 Å². The van der Waals surface area contributed by atoms with Crippen LogP contribution in [0.5, 0.6) is 0 Å². The second-order valence-electron chi connectivity index (χ2n) is 2.78. The molecule has 0 aromatic rings. The zero-order valence-electron chi connectivity index (χ0n) is 6.05. The number of β-amino-alcohol motifs (C(OH)–C–C–N with tert-alkyl or cyclic N) is 1. The van der Waals surface area contributed by atoms with Gasteiger partial charge in [0.05, 0.1) is 13.1 Å². The zero-order valence-corrected chi connectivity index (χ0v) is 6.05. The molecule has 1 saturated heterocycles. The minimum absolute atomic E-state index is 0.250. The van der Waals surface area contributed by atoms with Gasteiger partial charge in [0.25, 0.3) is 6.43 Å². The van der Waals surface area contributed by atoms with Gasteiger partial charge in [-0.1, -0.05) is 0 Å². The number of rotatable bonds is 1. The van der Waals surface area contributed by atoms with Gasteiger partial charge in [0.1, 0.15) is 0 Å². The lowest BCUT2D eigenvalue weighted by atomic mass is 9.95. The third-order valence-electron chi connectivity index (χ3n) is 1.78. The summed E-state index contributed by atoms with van der Waals surface area (Å²) in [5.41, 5.74) is -1.95. The van der Waals surface area contributed by atoms with Crippen molar-refractivity contribution in [3.05, 3.63) is 0 Å². The van der Waals surface area contributed by atoms with Crippen LogP contribution in [-0.4, -0.2) is 41.0 Å². The van der Waals surface area contributed by atoms with Gasteiger partial charge < -0.3 is 10.0 Å². The smallest absolute Gasteiger partial charge is 0.270 e. The third kappa shape index (κ3) is 1.33. The van der Waals surface area contributed by atoms with Crippen LogP contribution in [0, 0.1) is 0 Å². The Kier molecular flexibility index (Phi) is 1.83. The number of likely N-dealkylation sites (tertiary alicyclic amines) is 1. The minimum Gasteiger partial charge on any atom is -0.380 e. The van der Waals surface area contributed by atoms with Crippen LogP contribution in [0.2, 0.25) is 0 Å². The maximum absolute atomic E-state index is 11.9. The van der Waals surface area contributed by atoms with Gasteiger partial charge in [0.15, 0.2) is 5.60 Å². The lowest BCUT2D eigenvalue weighted by Gasteiger charge is -2.45. The van der Waals surface area contributed by atoms with Gasteiger partial charge in [-0.2, -0.15) is 0 Å². The number of hydrogen-bond donors (Lipinski definition) is 1. The van der Waals surface area contributed by atoms with E-state index in [1.807, 2.05) is 0 Å². The van der Waals surface area contributed by atoms with Gasteiger partial charge in [-0.05, 0) is 0 Å². The van der Waals surface area contributed by atoms with Crippen LogP contribution in [0.4, 0.5) is 8.78 Å². The molecule has 1 fully saturated rings. The van der Waals surface area contributed by atoms with E-state index in [1.165, 1.54) is 11.8 Å². The Morgan fingerprint density at radius 2 is 2.09 bits per heavy atom. The number of carbonyl (C=O) groups excluding carboxylic acids is 1. The van der Waals surface area contributed by atoms with Crippen molar-refractivity contribution in [1.82, 2.24) is 4.90 Å².